The first-order valence-electron chi connectivity index (χ1n) is 9.87. The summed E-state index contributed by atoms with van der Waals surface area (Å²) >= 11 is 0. The second-order valence-electron chi connectivity index (χ2n) is 7.64. The highest BCUT2D eigenvalue weighted by Gasteiger charge is 2.27. The highest BCUT2D eigenvalue weighted by molar-refractivity contribution is 5.82. The summed E-state index contributed by atoms with van der Waals surface area (Å²) in [6.45, 7) is 2.99. The fourth-order valence-electron chi connectivity index (χ4n) is 3.91. The van der Waals surface area contributed by atoms with E-state index >= 15 is 0 Å². The molecule has 3 rings (SSSR count). The molecular formula is C23H31N3O. The van der Waals surface area contributed by atoms with Crippen molar-refractivity contribution in [1.82, 2.24) is 9.80 Å². The number of hydrogen-bond donors (Lipinski definition) is 0. The Balaban J connectivity index is 1.86. The minimum absolute atomic E-state index is 0.110. The Morgan fingerprint density at radius 1 is 0.926 bits per heavy atom. The molecule has 1 atom stereocenters. The van der Waals surface area contributed by atoms with Gasteiger partial charge < -0.3 is 9.80 Å². The molecule has 4 heteroatoms. The number of piperidine rings is 1. The number of likely N-dealkylation sites (N-methyl/N-ethyl adjacent to an activating group) is 2. The summed E-state index contributed by atoms with van der Waals surface area (Å²) in [5.74, 6) is 0.110. The number of amides is 1. The molecule has 1 amide bonds. The fraction of sp³-hybridized carbons (Fsp3) is 0.435. The number of anilines is 1. The van der Waals surface area contributed by atoms with E-state index < -0.39 is 0 Å². The molecule has 1 aliphatic heterocycles. The lowest BCUT2D eigenvalue weighted by Gasteiger charge is -2.33. The highest BCUT2D eigenvalue weighted by Crippen LogP contribution is 2.28. The van der Waals surface area contributed by atoms with Crippen molar-refractivity contribution >= 4 is 11.6 Å². The van der Waals surface area contributed by atoms with Crippen molar-refractivity contribution in [1.29, 1.82) is 0 Å². The SMILES string of the molecule is CN(C)C(=O)C(c1ccccc1)N(C)Cc1ccccc1N1CCCCC1. The van der Waals surface area contributed by atoms with E-state index in [9.17, 15) is 4.79 Å². The molecule has 0 spiro atoms. The maximum Gasteiger partial charge on any atom is 0.244 e. The van der Waals surface area contributed by atoms with Gasteiger partial charge in [-0.2, -0.15) is 0 Å². The number of para-hydroxylation sites is 1. The average Bonchev–Trinajstić information content (AvgIpc) is 2.70. The third-order valence-electron chi connectivity index (χ3n) is 5.34. The number of carbonyl (C=O) groups is 1. The van der Waals surface area contributed by atoms with E-state index in [1.807, 2.05) is 51.5 Å². The van der Waals surface area contributed by atoms with Crippen LogP contribution < -0.4 is 4.90 Å². The Morgan fingerprint density at radius 2 is 1.56 bits per heavy atom. The normalized spacial score (nSPS) is 15.6. The van der Waals surface area contributed by atoms with Crippen molar-refractivity contribution < 1.29 is 4.79 Å². The van der Waals surface area contributed by atoms with Crippen LogP contribution in [0, 0.1) is 0 Å². The summed E-state index contributed by atoms with van der Waals surface area (Å²) in [5.41, 5.74) is 3.64. The van der Waals surface area contributed by atoms with Crippen LogP contribution in [-0.4, -0.2) is 49.9 Å². The lowest BCUT2D eigenvalue weighted by atomic mass is 10.0. The van der Waals surface area contributed by atoms with Gasteiger partial charge in [0.1, 0.15) is 6.04 Å². The van der Waals surface area contributed by atoms with Gasteiger partial charge in [0, 0.05) is 39.4 Å². The quantitative estimate of drug-likeness (QED) is 0.776. The van der Waals surface area contributed by atoms with Crippen LogP contribution in [0.15, 0.2) is 54.6 Å². The summed E-state index contributed by atoms with van der Waals surface area (Å²) in [4.78, 5) is 19.3. The van der Waals surface area contributed by atoms with Crippen molar-refractivity contribution in [3.63, 3.8) is 0 Å². The van der Waals surface area contributed by atoms with E-state index in [4.69, 9.17) is 0 Å². The van der Waals surface area contributed by atoms with Crippen LogP contribution in [0.4, 0.5) is 5.69 Å². The van der Waals surface area contributed by atoms with Crippen LogP contribution in [0.5, 0.6) is 0 Å². The summed E-state index contributed by atoms with van der Waals surface area (Å²) in [6, 6.07) is 18.4. The van der Waals surface area contributed by atoms with E-state index in [2.05, 4.69) is 34.1 Å². The van der Waals surface area contributed by atoms with E-state index in [1.54, 1.807) is 4.90 Å². The zero-order valence-corrected chi connectivity index (χ0v) is 16.8. The topological polar surface area (TPSA) is 26.8 Å². The number of carbonyl (C=O) groups excluding carboxylic acids is 1. The van der Waals surface area contributed by atoms with Crippen LogP contribution in [0.25, 0.3) is 0 Å². The third kappa shape index (κ3) is 4.69. The first-order valence-corrected chi connectivity index (χ1v) is 9.87. The molecule has 0 bridgehead atoms. The van der Waals surface area contributed by atoms with Gasteiger partial charge in [0.25, 0.3) is 0 Å². The smallest absolute Gasteiger partial charge is 0.244 e. The zero-order chi connectivity index (χ0) is 19.2. The first kappa shape index (κ1) is 19.4. The van der Waals surface area contributed by atoms with E-state index in [-0.39, 0.29) is 11.9 Å². The van der Waals surface area contributed by atoms with Crippen LogP contribution in [-0.2, 0) is 11.3 Å². The van der Waals surface area contributed by atoms with Crippen molar-refractivity contribution in [3.05, 3.63) is 65.7 Å². The van der Waals surface area contributed by atoms with Gasteiger partial charge in [-0.3, -0.25) is 9.69 Å². The van der Waals surface area contributed by atoms with E-state index in [0.29, 0.717) is 0 Å². The molecule has 144 valence electrons. The van der Waals surface area contributed by atoms with Gasteiger partial charge in [-0.25, -0.2) is 0 Å². The number of nitrogens with zero attached hydrogens (tertiary/aromatic N) is 3. The number of hydrogen-bond acceptors (Lipinski definition) is 3. The standard InChI is InChI=1S/C23H31N3O/c1-24(2)23(27)22(19-12-6-4-7-13-19)25(3)18-20-14-8-9-15-21(20)26-16-10-5-11-17-26/h4,6-9,12-15,22H,5,10-11,16-18H2,1-3H3. The molecule has 1 fully saturated rings. The van der Waals surface area contributed by atoms with Gasteiger partial charge in [-0.05, 0) is 43.5 Å². The van der Waals surface area contributed by atoms with Gasteiger partial charge in [0.05, 0.1) is 0 Å². The Morgan fingerprint density at radius 3 is 2.22 bits per heavy atom. The van der Waals surface area contributed by atoms with Gasteiger partial charge in [-0.1, -0.05) is 48.5 Å². The van der Waals surface area contributed by atoms with Gasteiger partial charge in [0.15, 0.2) is 0 Å². The number of benzene rings is 2. The molecule has 2 aromatic carbocycles. The van der Waals surface area contributed by atoms with Crippen LogP contribution >= 0.6 is 0 Å². The molecule has 0 N–H and O–H groups in total. The van der Waals surface area contributed by atoms with Gasteiger partial charge in [0.2, 0.25) is 5.91 Å². The van der Waals surface area contributed by atoms with Gasteiger partial charge in [-0.15, -0.1) is 0 Å². The van der Waals surface area contributed by atoms with Crippen molar-refractivity contribution in [3.8, 4) is 0 Å². The summed E-state index contributed by atoms with van der Waals surface area (Å²) in [6.07, 6.45) is 3.85. The molecule has 0 saturated carbocycles. The minimum Gasteiger partial charge on any atom is -0.371 e. The Bertz CT molecular complexity index is 738. The highest BCUT2D eigenvalue weighted by atomic mass is 16.2. The summed E-state index contributed by atoms with van der Waals surface area (Å²) in [7, 11) is 5.70. The summed E-state index contributed by atoms with van der Waals surface area (Å²) in [5, 5.41) is 0. The molecule has 4 nitrogen and oxygen atoms in total. The molecule has 1 aliphatic rings. The van der Waals surface area contributed by atoms with Crippen molar-refractivity contribution in [2.45, 2.75) is 31.8 Å². The molecular weight excluding hydrogens is 334 g/mol. The zero-order valence-electron chi connectivity index (χ0n) is 16.8. The third-order valence-corrected chi connectivity index (χ3v) is 5.34. The molecule has 1 saturated heterocycles. The van der Waals surface area contributed by atoms with Crippen molar-refractivity contribution in [2.24, 2.45) is 0 Å². The number of rotatable bonds is 6. The average molecular weight is 366 g/mol. The van der Waals surface area contributed by atoms with Crippen LogP contribution in [0.3, 0.4) is 0 Å². The second kappa shape index (κ2) is 9.05. The maximum absolute atomic E-state index is 12.9. The Labute approximate surface area is 163 Å². The molecule has 0 aromatic heterocycles. The summed E-state index contributed by atoms with van der Waals surface area (Å²) < 4.78 is 0. The lowest BCUT2D eigenvalue weighted by molar-refractivity contribution is -0.134. The van der Waals surface area contributed by atoms with E-state index in [0.717, 1.165) is 25.2 Å². The monoisotopic (exact) mass is 365 g/mol. The predicted octanol–water partition coefficient (Wildman–Crippen LogP) is 3.94. The fourth-order valence-corrected chi connectivity index (χ4v) is 3.91. The van der Waals surface area contributed by atoms with Crippen molar-refractivity contribution in [2.75, 3.05) is 39.1 Å². The molecule has 0 aliphatic carbocycles. The largest absolute Gasteiger partial charge is 0.371 e. The molecule has 1 unspecified atom stereocenters. The molecule has 0 radical (unpaired) electrons. The van der Waals surface area contributed by atoms with Crippen LogP contribution in [0.2, 0.25) is 0 Å². The van der Waals surface area contributed by atoms with Crippen LogP contribution in [0.1, 0.15) is 36.4 Å². The molecule has 2 aromatic rings. The van der Waals surface area contributed by atoms with Gasteiger partial charge >= 0.3 is 0 Å². The minimum atomic E-state index is -0.282. The molecule has 1 heterocycles. The Hall–Kier alpha value is -2.33. The van der Waals surface area contributed by atoms with E-state index in [1.165, 1.54) is 30.5 Å². The maximum atomic E-state index is 12.9. The Kier molecular flexibility index (Phi) is 6.51. The predicted molar refractivity (Wildman–Crippen MR) is 112 cm³/mol. The first-order chi connectivity index (χ1) is 13.1. The molecule has 27 heavy (non-hydrogen) atoms. The second-order valence-corrected chi connectivity index (χ2v) is 7.64. The lowest BCUT2D eigenvalue weighted by Crippen LogP contribution is -2.38.